The Bertz CT molecular complexity index is 124. The van der Waals surface area contributed by atoms with Gasteiger partial charge in [-0.3, -0.25) is 0 Å². The largest absolute Gasteiger partial charge is 0.360 e. The van der Waals surface area contributed by atoms with Crippen molar-refractivity contribution in [3.05, 3.63) is 0 Å². The van der Waals surface area contributed by atoms with Crippen molar-refractivity contribution in [2.24, 2.45) is 0 Å². The molecule has 1 fully saturated rings. The topological polar surface area (TPSA) is 15.3 Å². The zero-order valence-electron chi connectivity index (χ0n) is 5.85. The van der Waals surface area contributed by atoms with Crippen LogP contribution >= 0.6 is 12.2 Å². The number of hydrogen-bond acceptors (Lipinski definition) is 1. The predicted octanol–water partition coefficient (Wildman–Crippen LogP) is 0.585. The van der Waals surface area contributed by atoms with E-state index in [-0.39, 0.29) is 0 Å². The van der Waals surface area contributed by atoms with Crippen LogP contribution in [0.2, 0.25) is 0 Å². The van der Waals surface area contributed by atoms with E-state index in [1.807, 2.05) is 7.05 Å². The second-order valence-electron chi connectivity index (χ2n) is 2.56. The first-order chi connectivity index (χ1) is 4.20. The molecule has 0 spiro atoms. The van der Waals surface area contributed by atoms with Crippen LogP contribution in [-0.4, -0.2) is 29.6 Å². The van der Waals surface area contributed by atoms with E-state index in [2.05, 4.69) is 17.1 Å². The Kier molecular flexibility index (Phi) is 1.90. The van der Waals surface area contributed by atoms with Crippen molar-refractivity contribution >= 4 is 17.3 Å². The molecule has 0 radical (unpaired) electrons. The van der Waals surface area contributed by atoms with Crippen LogP contribution in [0.5, 0.6) is 0 Å². The lowest BCUT2D eigenvalue weighted by Gasteiger charge is -2.30. The van der Waals surface area contributed by atoms with Gasteiger partial charge in [0, 0.05) is 19.6 Å². The summed E-state index contributed by atoms with van der Waals surface area (Å²) in [4.78, 5) is 2.06. The van der Waals surface area contributed by atoms with Crippen molar-refractivity contribution in [3.8, 4) is 0 Å². The van der Waals surface area contributed by atoms with E-state index in [4.69, 9.17) is 12.2 Å². The highest BCUT2D eigenvalue weighted by Gasteiger charge is 2.14. The van der Waals surface area contributed by atoms with Gasteiger partial charge in [-0.1, -0.05) is 0 Å². The van der Waals surface area contributed by atoms with Crippen LogP contribution in [0.4, 0.5) is 0 Å². The summed E-state index contributed by atoms with van der Waals surface area (Å²) in [7, 11) is 2.02. The molecule has 2 nitrogen and oxygen atoms in total. The molecular weight excluding hydrogens is 132 g/mol. The van der Waals surface area contributed by atoms with E-state index in [9.17, 15) is 0 Å². The first-order valence-corrected chi connectivity index (χ1v) is 3.62. The van der Waals surface area contributed by atoms with Gasteiger partial charge in [0.25, 0.3) is 0 Å². The Labute approximate surface area is 61.2 Å². The quantitative estimate of drug-likeness (QED) is 0.501. The molecular formula is C6H12N2S. The highest BCUT2D eigenvalue weighted by molar-refractivity contribution is 7.80. The zero-order valence-corrected chi connectivity index (χ0v) is 6.66. The van der Waals surface area contributed by atoms with Crippen LogP contribution in [0.15, 0.2) is 0 Å². The third-order valence-electron chi connectivity index (χ3n) is 1.61. The van der Waals surface area contributed by atoms with Crippen molar-refractivity contribution in [3.63, 3.8) is 0 Å². The lowest BCUT2D eigenvalue weighted by Crippen LogP contribution is -2.48. The van der Waals surface area contributed by atoms with E-state index in [0.717, 1.165) is 11.7 Å². The molecule has 0 aromatic carbocycles. The van der Waals surface area contributed by atoms with Gasteiger partial charge in [-0.15, -0.1) is 0 Å². The lowest BCUT2D eigenvalue weighted by atomic mass is 10.2. The van der Waals surface area contributed by atoms with Gasteiger partial charge in [-0.25, -0.2) is 0 Å². The van der Waals surface area contributed by atoms with Crippen LogP contribution in [0.3, 0.4) is 0 Å². The Morgan fingerprint density at radius 3 is 2.89 bits per heavy atom. The van der Waals surface area contributed by atoms with Crippen LogP contribution in [0.25, 0.3) is 0 Å². The summed E-state index contributed by atoms with van der Waals surface area (Å²) in [6, 6.07) is 0.564. The fourth-order valence-corrected chi connectivity index (χ4v) is 1.17. The maximum atomic E-state index is 5.02. The van der Waals surface area contributed by atoms with Crippen LogP contribution < -0.4 is 5.32 Å². The van der Waals surface area contributed by atoms with Gasteiger partial charge >= 0.3 is 0 Å². The predicted molar refractivity (Wildman–Crippen MR) is 42.4 cm³/mol. The summed E-state index contributed by atoms with van der Waals surface area (Å²) in [6.45, 7) is 3.24. The summed E-state index contributed by atoms with van der Waals surface area (Å²) in [6.07, 6.45) is 1.19. The molecule has 1 N–H and O–H groups in total. The molecule has 0 aromatic rings. The molecule has 1 heterocycles. The fourth-order valence-electron chi connectivity index (χ4n) is 0.882. The maximum Gasteiger partial charge on any atom is 0.168 e. The standard InChI is InChI=1S/C6H12N2S/c1-5-3-4-8(2)6(9)7-5/h5H,3-4H2,1-2H3,(H,7,9). The van der Waals surface area contributed by atoms with Gasteiger partial charge in [0.2, 0.25) is 0 Å². The number of rotatable bonds is 0. The lowest BCUT2D eigenvalue weighted by molar-refractivity contribution is 0.393. The summed E-state index contributed by atoms with van der Waals surface area (Å²) in [5, 5.41) is 4.07. The van der Waals surface area contributed by atoms with E-state index < -0.39 is 0 Å². The number of nitrogens with zero attached hydrogens (tertiary/aromatic N) is 1. The van der Waals surface area contributed by atoms with Crippen molar-refractivity contribution < 1.29 is 0 Å². The van der Waals surface area contributed by atoms with Gasteiger partial charge in [-0.2, -0.15) is 0 Å². The number of hydrogen-bond donors (Lipinski definition) is 1. The second-order valence-corrected chi connectivity index (χ2v) is 2.95. The average Bonchev–Trinajstić information content (AvgIpc) is 1.80. The minimum Gasteiger partial charge on any atom is -0.360 e. The summed E-state index contributed by atoms with van der Waals surface area (Å²) in [5.41, 5.74) is 0. The van der Waals surface area contributed by atoms with E-state index in [0.29, 0.717) is 6.04 Å². The third-order valence-corrected chi connectivity index (χ3v) is 2.04. The van der Waals surface area contributed by atoms with E-state index >= 15 is 0 Å². The Morgan fingerprint density at radius 2 is 2.44 bits per heavy atom. The highest BCUT2D eigenvalue weighted by atomic mass is 32.1. The molecule has 1 aliphatic heterocycles. The summed E-state index contributed by atoms with van der Waals surface area (Å²) < 4.78 is 0. The van der Waals surface area contributed by atoms with Crippen LogP contribution in [0, 0.1) is 0 Å². The molecule has 0 amide bonds. The summed E-state index contributed by atoms with van der Waals surface area (Å²) >= 11 is 5.02. The number of nitrogens with one attached hydrogen (secondary N) is 1. The fraction of sp³-hybridized carbons (Fsp3) is 0.833. The van der Waals surface area contributed by atoms with Crippen molar-refractivity contribution in [1.29, 1.82) is 0 Å². The van der Waals surface area contributed by atoms with Crippen molar-refractivity contribution in [2.75, 3.05) is 13.6 Å². The first-order valence-electron chi connectivity index (χ1n) is 3.22. The molecule has 0 aliphatic carbocycles. The third kappa shape index (κ3) is 1.55. The molecule has 0 aromatic heterocycles. The SMILES string of the molecule is CC1CCN(C)C(=S)N1. The molecule has 1 rings (SSSR count). The maximum absolute atomic E-state index is 5.02. The monoisotopic (exact) mass is 144 g/mol. The Balaban J connectivity index is 2.44. The van der Waals surface area contributed by atoms with Gasteiger partial charge < -0.3 is 10.2 Å². The second kappa shape index (κ2) is 2.52. The smallest absolute Gasteiger partial charge is 0.168 e. The number of thiocarbonyl (C=S) groups is 1. The van der Waals surface area contributed by atoms with Crippen molar-refractivity contribution in [1.82, 2.24) is 10.2 Å². The van der Waals surface area contributed by atoms with E-state index in [1.54, 1.807) is 0 Å². The highest BCUT2D eigenvalue weighted by Crippen LogP contribution is 2.01. The summed E-state index contributed by atoms with van der Waals surface area (Å²) in [5.74, 6) is 0. The van der Waals surface area contributed by atoms with Gasteiger partial charge in [-0.05, 0) is 25.6 Å². The Morgan fingerprint density at radius 1 is 1.78 bits per heavy atom. The molecule has 1 saturated heterocycles. The minimum absolute atomic E-state index is 0.564. The van der Waals surface area contributed by atoms with Crippen molar-refractivity contribution in [2.45, 2.75) is 19.4 Å². The minimum atomic E-state index is 0.564. The molecule has 1 aliphatic rings. The zero-order chi connectivity index (χ0) is 6.85. The average molecular weight is 144 g/mol. The first kappa shape index (κ1) is 6.81. The molecule has 9 heavy (non-hydrogen) atoms. The normalized spacial score (nSPS) is 28.0. The van der Waals surface area contributed by atoms with Gasteiger partial charge in [0.15, 0.2) is 5.11 Å². The molecule has 1 atom stereocenters. The molecule has 52 valence electrons. The van der Waals surface area contributed by atoms with Gasteiger partial charge in [0.1, 0.15) is 0 Å². The van der Waals surface area contributed by atoms with Gasteiger partial charge in [0.05, 0.1) is 0 Å². The Hall–Kier alpha value is -0.310. The van der Waals surface area contributed by atoms with Crippen LogP contribution in [-0.2, 0) is 0 Å². The van der Waals surface area contributed by atoms with Crippen LogP contribution in [0.1, 0.15) is 13.3 Å². The molecule has 1 unspecified atom stereocenters. The molecule has 0 saturated carbocycles. The molecule has 0 bridgehead atoms. The molecule has 3 heteroatoms. The van der Waals surface area contributed by atoms with E-state index in [1.165, 1.54) is 6.42 Å².